The predicted molar refractivity (Wildman–Crippen MR) is 176 cm³/mol. The van der Waals surface area contributed by atoms with E-state index in [1.165, 1.54) is 19.2 Å². The Bertz CT molecular complexity index is 1800. The second-order valence-corrected chi connectivity index (χ2v) is 14.2. The number of rotatable bonds is 7. The molecule has 5 atom stereocenters. The van der Waals surface area contributed by atoms with Gasteiger partial charge >= 0.3 is 0 Å². The summed E-state index contributed by atoms with van der Waals surface area (Å²) in [4.78, 5) is 52.2. The molecule has 12 nitrogen and oxygen atoms in total. The second-order valence-electron chi connectivity index (χ2n) is 12.6. The van der Waals surface area contributed by atoms with Crippen LogP contribution in [0.25, 0.3) is 11.4 Å². The fourth-order valence-corrected chi connectivity index (χ4v) is 7.60. The summed E-state index contributed by atoms with van der Waals surface area (Å²) in [5, 5.41) is 2.90. The smallest absolute Gasteiger partial charge is 0.264 e. The van der Waals surface area contributed by atoms with Crippen LogP contribution in [0.3, 0.4) is 0 Å². The molecule has 3 aromatic rings. The first-order valence-electron chi connectivity index (χ1n) is 16.1. The van der Waals surface area contributed by atoms with Gasteiger partial charge in [-0.25, -0.2) is 13.1 Å². The van der Waals surface area contributed by atoms with E-state index in [4.69, 9.17) is 9.47 Å². The lowest BCUT2D eigenvalue weighted by Crippen LogP contribution is -2.54. The van der Waals surface area contributed by atoms with Crippen LogP contribution in [0.1, 0.15) is 38.5 Å². The number of hydrogen-bond donors (Lipinski definition) is 2. The highest BCUT2D eigenvalue weighted by Crippen LogP contribution is 2.47. The number of allylic oxidation sites excluding steroid dienone is 1. The van der Waals surface area contributed by atoms with Gasteiger partial charge in [-0.15, -0.1) is 0 Å². The Labute approximate surface area is 280 Å². The Morgan fingerprint density at radius 3 is 2.40 bits per heavy atom. The summed E-state index contributed by atoms with van der Waals surface area (Å²) in [7, 11) is -0.956. The second kappa shape index (κ2) is 13.8. The minimum Gasteiger partial charge on any atom is -0.481 e. The van der Waals surface area contributed by atoms with Crippen molar-refractivity contribution in [3.05, 3.63) is 78.9 Å². The predicted octanol–water partition coefficient (Wildman–Crippen LogP) is 3.50. The number of nitrogens with zero attached hydrogens (tertiary/aromatic N) is 3. The number of ether oxygens (including phenoxy) is 2. The average Bonchev–Trinajstić information content (AvgIpc) is 3.63. The fourth-order valence-electron chi connectivity index (χ4n) is 6.54. The van der Waals surface area contributed by atoms with Crippen LogP contribution in [0.2, 0.25) is 0 Å². The minimum absolute atomic E-state index is 0.0593. The lowest BCUT2D eigenvalue weighted by atomic mass is 9.93. The van der Waals surface area contributed by atoms with Gasteiger partial charge < -0.3 is 19.7 Å². The van der Waals surface area contributed by atoms with Crippen molar-refractivity contribution in [2.24, 2.45) is 17.8 Å². The number of nitrogens with one attached hydrogen (secondary N) is 2. The third-order valence-corrected chi connectivity index (χ3v) is 10.6. The van der Waals surface area contributed by atoms with Crippen LogP contribution < -0.4 is 19.5 Å². The summed E-state index contributed by atoms with van der Waals surface area (Å²) in [5.41, 5.74) is -0.703. The zero-order chi connectivity index (χ0) is 33.9. The highest BCUT2D eigenvalue weighted by Gasteiger charge is 2.61. The van der Waals surface area contributed by atoms with Crippen molar-refractivity contribution < 1.29 is 32.3 Å². The number of aromatic nitrogens is 2. The summed E-state index contributed by atoms with van der Waals surface area (Å²) in [6, 6.07) is 18.5. The van der Waals surface area contributed by atoms with E-state index < -0.39 is 51.2 Å². The number of sulfonamides is 1. The average molecular weight is 674 g/mol. The molecule has 2 aliphatic carbocycles. The molecule has 48 heavy (non-hydrogen) atoms. The molecule has 0 saturated heterocycles. The van der Waals surface area contributed by atoms with Crippen LogP contribution in [-0.4, -0.2) is 73.4 Å². The molecule has 1 aromatic heterocycles. The minimum atomic E-state index is -4.18. The van der Waals surface area contributed by atoms with E-state index in [0.29, 0.717) is 18.2 Å². The molecule has 3 aliphatic rings. The maximum atomic E-state index is 14.1. The van der Waals surface area contributed by atoms with Crippen molar-refractivity contribution >= 4 is 27.7 Å². The summed E-state index contributed by atoms with van der Waals surface area (Å²) < 4.78 is 40.1. The molecular weight excluding hydrogens is 634 g/mol. The molecule has 2 heterocycles. The molecule has 3 amide bonds. The molecule has 2 saturated carbocycles. The van der Waals surface area contributed by atoms with Crippen LogP contribution in [0, 0.1) is 17.8 Å². The van der Waals surface area contributed by atoms with Gasteiger partial charge in [-0.1, -0.05) is 60.7 Å². The quantitative estimate of drug-likeness (QED) is 0.359. The Balaban J connectivity index is 1.26. The molecule has 0 unspecified atom stereocenters. The molecule has 252 valence electrons. The number of carbonyl (C=O) groups excluding carboxylic acids is 3. The third kappa shape index (κ3) is 7.05. The monoisotopic (exact) mass is 673 g/mol. The molecule has 0 bridgehead atoms. The third-order valence-electron chi connectivity index (χ3n) is 9.29. The zero-order valence-electron chi connectivity index (χ0n) is 26.9. The van der Waals surface area contributed by atoms with E-state index in [1.807, 2.05) is 42.5 Å². The first-order chi connectivity index (χ1) is 23.1. The van der Waals surface area contributed by atoms with Crippen molar-refractivity contribution in [2.75, 3.05) is 20.7 Å². The number of fused-ring (bicyclic) bond motifs is 2. The lowest BCUT2D eigenvalue weighted by molar-refractivity contribution is -0.140. The number of carbonyl (C=O) groups is 3. The van der Waals surface area contributed by atoms with E-state index >= 15 is 0 Å². The van der Waals surface area contributed by atoms with Gasteiger partial charge in [0.05, 0.1) is 29.9 Å². The molecular formula is C35H39N5O7S. The van der Waals surface area contributed by atoms with Crippen molar-refractivity contribution in [1.29, 1.82) is 0 Å². The molecule has 0 radical (unpaired) electrons. The van der Waals surface area contributed by atoms with Crippen molar-refractivity contribution in [1.82, 2.24) is 24.9 Å². The van der Waals surface area contributed by atoms with Gasteiger partial charge in [0.25, 0.3) is 15.9 Å². The van der Waals surface area contributed by atoms with Gasteiger partial charge in [0.2, 0.25) is 23.6 Å². The van der Waals surface area contributed by atoms with Crippen LogP contribution in [-0.2, 0) is 24.4 Å². The van der Waals surface area contributed by atoms with Gasteiger partial charge in [-0.2, -0.15) is 9.97 Å². The van der Waals surface area contributed by atoms with E-state index in [-0.39, 0.29) is 35.9 Å². The van der Waals surface area contributed by atoms with Gasteiger partial charge in [0, 0.05) is 25.1 Å². The summed E-state index contributed by atoms with van der Waals surface area (Å²) in [6.07, 6.45) is 6.26. The Kier molecular flexibility index (Phi) is 9.49. The van der Waals surface area contributed by atoms with Crippen molar-refractivity contribution in [2.45, 2.75) is 55.1 Å². The van der Waals surface area contributed by atoms with E-state index in [9.17, 15) is 22.8 Å². The number of methoxy groups -OCH3 is 1. The van der Waals surface area contributed by atoms with Gasteiger partial charge in [0.1, 0.15) is 11.6 Å². The molecule has 2 N–H and O–H groups in total. The Morgan fingerprint density at radius 1 is 0.979 bits per heavy atom. The maximum Gasteiger partial charge on any atom is 0.264 e. The number of benzene rings is 2. The van der Waals surface area contributed by atoms with Crippen LogP contribution in [0.5, 0.6) is 11.8 Å². The normalized spacial score (nSPS) is 26.7. The van der Waals surface area contributed by atoms with Gasteiger partial charge in [-0.3, -0.25) is 14.4 Å². The first-order valence-corrected chi connectivity index (χ1v) is 17.6. The molecule has 2 aromatic carbocycles. The van der Waals surface area contributed by atoms with Crippen molar-refractivity contribution in [3.8, 4) is 23.1 Å². The standard InChI is InChI=1S/C35H39N5O7S/c1-40-18-12-4-3-9-15-24-22-35(24,34(43)39-48(44,45)26-16-10-6-11-17-26)38-32(41)27-19-25(20-28(27)33(40)42)47-30-21-29(46-2)36-31(37-30)23-13-7-5-8-14-23/h5-11,13-17,21,24-25,27-28H,3-4,12,18-20,22H2,1-2H3,(H,38,41)(H,39,43)/b15-9-/t24-,25+,27+,28+,35+/m0/s1. The van der Waals surface area contributed by atoms with Crippen LogP contribution in [0.4, 0.5) is 0 Å². The van der Waals surface area contributed by atoms with Crippen LogP contribution in [0.15, 0.2) is 83.8 Å². The highest BCUT2D eigenvalue weighted by molar-refractivity contribution is 7.90. The van der Waals surface area contributed by atoms with Gasteiger partial charge in [-0.05, 0) is 50.7 Å². The topological polar surface area (TPSA) is 157 Å². The van der Waals surface area contributed by atoms with Gasteiger partial charge in [0.15, 0.2) is 5.82 Å². The zero-order valence-corrected chi connectivity index (χ0v) is 27.7. The van der Waals surface area contributed by atoms with E-state index in [0.717, 1.165) is 24.8 Å². The van der Waals surface area contributed by atoms with Crippen LogP contribution >= 0.6 is 0 Å². The molecule has 6 rings (SSSR count). The summed E-state index contributed by atoms with van der Waals surface area (Å²) >= 11 is 0. The SMILES string of the molecule is COc1cc(O[C@@H]2C[C@H]3C(=O)N[C@]4(C(=O)NS(=O)(=O)c5ccccc5)C[C@@H]4/C=C\CCCCN(C)C(=O)[C@@H]3C2)nc(-c2ccccc2)n1. The maximum absolute atomic E-state index is 14.1. The molecule has 1 aliphatic heterocycles. The Hall–Kier alpha value is -4.78. The summed E-state index contributed by atoms with van der Waals surface area (Å²) in [5.74, 6) is -2.50. The fraction of sp³-hybridized carbons (Fsp3) is 0.400. The Morgan fingerprint density at radius 2 is 1.67 bits per heavy atom. The number of amides is 3. The first kappa shape index (κ1) is 33.1. The van der Waals surface area contributed by atoms with Crippen molar-refractivity contribution in [3.63, 3.8) is 0 Å². The lowest BCUT2D eigenvalue weighted by Gasteiger charge is -2.26. The molecule has 0 spiro atoms. The summed E-state index contributed by atoms with van der Waals surface area (Å²) in [6.45, 7) is 0.541. The molecule has 13 heteroatoms. The molecule has 2 fully saturated rings. The highest BCUT2D eigenvalue weighted by atomic mass is 32.2. The largest absolute Gasteiger partial charge is 0.481 e. The number of hydrogen-bond acceptors (Lipinski definition) is 9. The van der Waals surface area contributed by atoms with E-state index in [2.05, 4.69) is 20.0 Å². The van der Waals surface area contributed by atoms with E-state index in [1.54, 1.807) is 36.2 Å².